The number of nitrogens with zero attached hydrogens (tertiary/aromatic N) is 2. The Kier molecular flexibility index (Phi) is 13.5. The number of hydrogen-bond donors (Lipinski definition) is 5. The first kappa shape index (κ1) is 42.2. The van der Waals surface area contributed by atoms with Gasteiger partial charge in [0.1, 0.15) is 35.9 Å². The second-order valence-corrected chi connectivity index (χ2v) is 16.1. The average Bonchev–Trinajstić information content (AvgIpc) is 3.64. The summed E-state index contributed by atoms with van der Waals surface area (Å²) in [6, 6.07) is 25.5. The molecule has 310 valence electrons. The lowest BCUT2D eigenvalue weighted by molar-refractivity contribution is -0.143. The molecule has 0 saturated heterocycles. The third-order valence-electron chi connectivity index (χ3n) is 10.4. The molecule has 6 rings (SSSR count). The highest BCUT2D eigenvalue weighted by atomic mass is 16.6. The quantitative estimate of drug-likeness (QED) is 0.0732. The van der Waals surface area contributed by atoms with Gasteiger partial charge in [0, 0.05) is 25.9 Å². The van der Waals surface area contributed by atoms with Crippen LogP contribution in [0.15, 0.2) is 91.0 Å². The van der Waals surface area contributed by atoms with Crippen molar-refractivity contribution in [3.63, 3.8) is 0 Å². The number of hydrogen-bond acceptors (Lipinski definition) is 8. The molecule has 2 heterocycles. The molecule has 13 heteroatoms. The molecular weight excluding hydrogens is 749 g/mol. The van der Waals surface area contributed by atoms with E-state index in [0.717, 1.165) is 44.4 Å². The van der Waals surface area contributed by atoms with Crippen LogP contribution in [-0.2, 0) is 45.1 Å². The number of ether oxygens (including phenoxy) is 2. The van der Waals surface area contributed by atoms with E-state index in [1.165, 1.54) is 0 Å². The standard InChI is InChI=1S/C46H54N6O7/c1-29-23-34(53)24-30(2)35(29)26-39(51-45(57)59-46(3,4)5)43(55)52-27-33-18-10-9-17-32(33)25-40(52)42(54)50-38(41-48-36-19-11-12-20-37(36)49-41)21-13-14-22-47-44(56)58-28-31-15-7-6-8-16-31/h6-12,15-20,23-24,38-40,53H,13-14,21-22,25-28H2,1-5H3,(H,47,56)(H,48,49)(H,50,54)(H,51,57)/t38-,39?,40?/m1/s1. The number of aromatic nitrogens is 2. The molecule has 0 fully saturated rings. The maximum absolute atomic E-state index is 14.9. The minimum Gasteiger partial charge on any atom is -0.508 e. The second kappa shape index (κ2) is 18.9. The highest BCUT2D eigenvalue weighted by Crippen LogP contribution is 2.29. The molecule has 3 atom stereocenters. The number of aromatic hydroxyl groups is 1. The van der Waals surface area contributed by atoms with Gasteiger partial charge in [-0.25, -0.2) is 14.6 Å². The van der Waals surface area contributed by atoms with Crippen LogP contribution in [0.25, 0.3) is 11.0 Å². The average molecular weight is 803 g/mol. The van der Waals surface area contributed by atoms with Crippen LogP contribution in [0, 0.1) is 13.8 Å². The number of imidazole rings is 1. The van der Waals surface area contributed by atoms with Gasteiger partial charge < -0.3 is 40.4 Å². The van der Waals surface area contributed by atoms with E-state index in [9.17, 15) is 24.3 Å². The Morgan fingerprint density at radius 2 is 1.56 bits per heavy atom. The monoisotopic (exact) mass is 802 g/mol. The Hall–Kier alpha value is -6.37. The highest BCUT2D eigenvalue weighted by Gasteiger charge is 2.39. The number of nitrogens with one attached hydrogen (secondary N) is 4. The van der Waals surface area contributed by atoms with E-state index in [2.05, 4.69) is 20.9 Å². The van der Waals surface area contributed by atoms with Crippen molar-refractivity contribution in [2.75, 3.05) is 6.54 Å². The van der Waals surface area contributed by atoms with Gasteiger partial charge in [0.2, 0.25) is 11.8 Å². The smallest absolute Gasteiger partial charge is 0.408 e. The molecule has 0 bridgehead atoms. The van der Waals surface area contributed by atoms with E-state index in [0.29, 0.717) is 31.6 Å². The van der Waals surface area contributed by atoms with Crippen molar-refractivity contribution >= 4 is 35.0 Å². The first-order valence-electron chi connectivity index (χ1n) is 20.1. The predicted octanol–water partition coefficient (Wildman–Crippen LogP) is 7.23. The van der Waals surface area contributed by atoms with Crippen LogP contribution < -0.4 is 16.0 Å². The molecule has 1 aromatic heterocycles. The lowest BCUT2D eigenvalue weighted by Crippen LogP contribution is -2.58. The zero-order valence-corrected chi connectivity index (χ0v) is 34.3. The van der Waals surface area contributed by atoms with Gasteiger partial charge in [0.05, 0.1) is 17.1 Å². The summed E-state index contributed by atoms with van der Waals surface area (Å²) in [6.45, 7) is 9.62. The summed E-state index contributed by atoms with van der Waals surface area (Å²) in [4.78, 5) is 64.9. The van der Waals surface area contributed by atoms with Crippen LogP contribution >= 0.6 is 0 Å². The van der Waals surface area contributed by atoms with E-state index in [4.69, 9.17) is 14.5 Å². The fourth-order valence-electron chi connectivity index (χ4n) is 7.46. The van der Waals surface area contributed by atoms with Crippen molar-refractivity contribution in [1.82, 2.24) is 30.8 Å². The molecule has 13 nitrogen and oxygen atoms in total. The Balaban J connectivity index is 1.22. The van der Waals surface area contributed by atoms with Gasteiger partial charge >= 0.3 is 12.2 Å². The number of alkyl carbamates (subject to hydrolysis) is 2. The molecular formula is C46H54N6O7. The predicted molar refractivity (Wildman–Crippen MR) is 224 cm³/mol. The van der Waals surface area contributed by atoms with Gasteiger partial charge in [-0.3, -0.25) is 9.59 Å². The van der Waals surface area contributed by atoms with Crippen LogP contribution in [0.5, 0.6) is 5.75 Å². The van der Waals surface area contributed by atoms with Crippen molar-refractivity contribution in [1.29, 1.82) is 0 Å². The molecule has 0 aliphatic carbocycles. The van der Waals surface area contributed by atoms with Crippen molar-refractivity contribution in [2.45, 2.75) is 104 Å². The van der Waals surface area contributed by atoms with Gasteiger partial charge in [-0.1, -0.05) is 66.7 Å². The third-order valence-corrected chi connectivity index (χ3v) is 10.4. The molecule has 0 saturated carbocycles. The first-order chi connectivity index (χ1) is 28.2. The van der Waals surface area contributed by atoms with E-state index >= 15 is 0 Å². The van der Waals surface area contributed by atoms with Crippen molar-refractivity contribution in [3.8, 4) is 5.75 Å². The Morgan fingerprint density at radius 1 is 0.881 bits per heavy atom. The Labute approximate surface area is 344 Å². The molecule has 5 aromatic rings. The van der Waals surface area contributed by atoms with E-state index in [-0.39, 0.29) is 37.6 Å². The number of aromatic amines is 1. The van der Waals surface area contributed by atoms with Crippen LogP contribution in [0.1, 0.15) is 85.3 Å². The summed E-state index contributed by atoms with van der Waals surface area (Å²) in [6.07, 6.45) is 0.837. The fraction of sp³-hybridized carbons (Fsp3) is 0.370. The SMILES string of the molecule is Cc1cc(O)cc(C)c1CC(NC(=O)OC(C)(C)C)C(=O)N1Cc2ccccc2CC1C(=O)N[C@H](CCCCNC(=O)OCc1ccccc1)c1nc2ccccc2[nH]1. The van der Waals surface area contributed by atoms with Crippen molar-refractivity contribution in [2.24, 2.45) is 0 Å². The summed E-state index contributed by atoms with van der Waals surface area (Å²) >= 11 is 0. The first-order valence-corrected chi connectivity index (χ1v) is 20.1. The topological polar surface area (TPSA) is 175 Å². The van der Waals surface area contributed by atoms with E-state index in [1.54, 1.807) is 37.8 Å². The number of unbranched alkanes of at least 4 members (excludes halogenated alkanes) is 1. The number of benzene rings is 4. The van der Waals surface area contributed by atoms with Crippen molar-refractivity contribution < 1.29 is 33.8 Å². The maximum Gasteiger partial charge on any atom is 0.408 e. The number of carbonyl (C=O) groups is 4. The van der Waals surface area contributed by atoms with Crippen LogP contribution in [-0.4, -0.2) is 68.2 Å². The number of H-pyrrole nitrogens is 1. The summed E-state index contributed by atoms with van der Waals surface area (Å²) < 4.78 is 10.9. The number of para-hydroxylation sites is 2. The molecule has 0 spiro atoms. The lowest BCUT2D eigenvalue weighted by atomic mass is 9.91. The normalized spacial score (nSPS) is 14.8. The summed E-state index contributed by atoms with van der Waals surface area (Å²) in [5.41, 5.74) is 5.82. The van der Waals surface area contributed by atoms with Gasteiger partial charge in [-0.2, -0.15) is 0 Å². The molecule has 2 unspecified atom stereocenters. The highest BCUT2D eigenvalue weighted by molar-refractivity contribution is 5.92. The van der Waals surface area contributed by atoms with Gasteiger partial charge in [0.15, 0.2) is 0 Å². The lowest BCUT2D eigenvalue weighted by Gasteiger charge is -2.39. The van der Waals surface area contributed by atoms with E-state index in [1.807, 2.05) is 92.7 Å². The number of phenols is 1. The summed E-state index contributed by atoms with van der Waals surface area (Å²) in [7, 11) is 0. The summed E-state index contributed by atoms with van der Waals surface area (Å²) in [5.74, 6) is -0.129. The molecule has 1 aliphatic rings. The number of fused-ring (bicyclic) bond motifs is 2. The number of rotatable bonds is 14. The van der Waals surface area contributed by atoms with Crippen molar-refractivity contribution in [3.05, 3.63) is 130 Å². The minimum atomic E-state index is -1.09. The fourth-order valence-corrected chi connectivity index (χ4v) is 7.46. The number of aryl methyl sites for hydroxylation is 2. The third kappa shape index (κ3) is 11.4. The van der Waals surface area contributed by atoms with Crippen LogP contribution in [0.3, 0.4) is 0 Å². The molecule has 5 N–H and O–H groups in total. The Morgan fingerprint density at radius 3 is 2.27 bits per heavy atom. The number of phenolic OH excluding ortho intramolecular Hbond substituents is 1. The van der Waals surface area contributed by atoms with Crippen LogP contribution in [0.2, 0.25) is 0 Å². The molecule has 1 aliphatic heterocycles. The largest absolute Gasteiger partial charge is 0.508 e. The molecule has 59 heavy (non-hydrogen) atoms. The maximum atomic E-state index is 14.9. The van der Waals surface area contributed by atoms with Gasteiger partial charge in [0.25, 0.3) is 0 Å². The summed E-state index contributed by atoms with van der Waals surface area (Å²) in [5, 5.41) is 19.1. The van der Waals surface area contributed by atoms with Gasteiger partial charge in [-0.15, -0.1) is 0 Å². The molecule has 0 radical (unpaired) electrons. The molecule has 4 amide bonds. The van der Waals surface area contributed by atoms with Gasteiger partial charge in [-0.05, 0) is 112 Å². The van der Waals surface area contributed by atoms with E-state index < -0.39 is 41.8 Å². The zero-order valence-electron chi connectivity index (χ0n) is 34.3. The number of amides is 4. The zero-order chi connectivity index (χ0) is 42.1. The van der Waals surface area contributed by atoms with Crippen LogP contribution in [0.4, 0.5) is 9.59 Å². The number of carbonyl (C=O) groups excluding carboxylic acids is 4. The molecule has 4 aromatic carbocycles. The Bertz CT molecular complexity index is 2210. The minimum absolute atomic E-state index is 0.104. The second-order valence-electron chi connectivity index (χ2n) is 16.1.